The topological polar surface area (TPSA) is 0 Å². The van der Waals surface area contributed by atoms with Crippen molar-refractivity contribution in [1.82, 2.24) is 0 Å². The minimum Gasteiger partial charge on any atom is -0.0720 e. The van der Waals surface area contributed by atoms with E-state index in [1.807, 2.05) is 0 Å². The number of allylic oxidation sites excluding steroid dienone is 4. The Bertz CT molecular complexity index is 1420. The van der Waals surface area contributed by atoms with Gasteiger partial charge in [-0.2, -0.15) is 0 Å². The summed E-state index contributed by atoms with van der Waals surface area (Å²) in [6.45, 7) is 4.79. The van der Waals surface area contributed by atoms with E-state index in [0.29, 0.717) is 23.7 Å². The molecule has 0 amide bonds. The standard InChI is InChI=1S/C39H38/c1-27(29-15-5-3-6-16-29)35-25-37(33-21-11-9-19-31(33)35)39(23-13-14-24-39)38-26-36(32-20-10-12-22-34(32)38)28(2)30-17-7-4-8-18-30/h3-12,15-22,25-28,37-38H,13-14,23-24H2,1-2H3. The van der Waals surface area contributed by atoms with Crippen molar-refractivity contribution in [2.45, 2.75) is 63.2 Å². The predicted octanol–water partition coefficient (Wildman–Crippen LogP) is 10.5. The smallest absolute Gasteiger partial charge is 0.00956 e. The maximum Gasteiger partial charge on any atom is 0.00956 e. The first-order valence-corrected chi connectivity index (χ1v) is 14.9. The van der Waals surface area contributed by atoms with Crippen molar-refractivity contribution < 1.29 is 0 Å². The molecular weight excluding hydrogens is 468 g/mol. The SMILES string of the molecule is CC(C1=CC(C2(C3C=C(C(C)c4ccccc4)c4ccccc43)CCCC2)c2ccccc21)c1ccccc1. The van der Waals surface area contributed by atoms with Crippen molar-refractivity contribution >= 4 is 11.1 Å². The molecule has 1 fully saturated rings. The normalized spacial score (nSPS) is 22.5. The van der Waals surface area contributed by atoms with Crippen molar-refractivity contribution in [2.24, 2.45) is 5.41 Å². The fourth-order valence-electron chi connectivity index (χ4n) is 8.18. The maximum absolute atomic E-state index is 2.70. The second kappa shape index (κ2) is 9.83. The minimum absolute atomic E-state index is 0.211. The molecule has 1 saturated carbocycles. The fraction of sp³-hybridized carbons (Fsp3) is 0.282. The van der Waals surface area contributed by atoms with Gasteiger partial charge in [0.05, 0.1) is 0 Å². The lowest BCUT2D eigenvalue weighted by molar-refractivity contribution is 0.232. The fourth-order valence-corrected chi connectivity index (χ4v) is 8.18. The van der Waals surface area contributed by atoms with Gasteiger partial charge in [-0.05, 0) is 62.8 Å². The molecule has 3 aliphatic rings. The lowest BCUT2D eigenvalue weighted by atomic mass is 9.62. The van der Waals surface area contributed by atoms with Crippen molar-refractivity contribution in [1.29, 1.82) is 0 Å². The second-order valence-corrected chi connectivity index (χ2v) is 12.1. The van der Waals surface area contributed by atoms with Gasteiger partial charge in [-0.3, -0.25) is 0 Å². The summed E-state index contributed by atoms with van der Waals surface area (Å²) in [5, 5.41) is 0. The third-order valence-electron chi connectivity index (χ3n) is 10.2. The number of benzene rings is 4. The molecule has 194 valence electrons. The first-order chi connectivity index (χ1) is 19.2. The Labute approximate surface area is 234 Å². The molecular formula is C39H38. The number of hydrogen-bond acceptors (Lipinski definition) is 0. The van der Waals surface area contributed by atoms with Gasteiger partial charge in [0.2, 0.25) is 0 Å². The quantitative estimate of drug-likeness (QED) is 0.244. The number of rotatable bonds is 6. The third-order valence-corrected chi connectivity index (χ3v) is 10.2. The first kappa shape index (κ1) is 24.4. The molecule has 39 heavy (non-hydrogen) atoms. The van der Waals surface area contributed by atoms with Gasteiger partial charge in [0.25, 0.3) is 0 Å². The summed E-state index contributed by atoms with van der Waals surface area (Å²) >= 11 is 0. The van der Waals surface area contributed by atoms with E-state index in [9.17, 15) is 0 Å². The molecule has 0 heteroatoms. The third kappa shape index (κ3) is 3.96. The average Bonchev–Trinajstić information content (AvgIpc) is 3.74. The summed E-state index contributed by atoms with van der Waals surface area (Å²) < 4.78 is 0. The summed E-state index contributed by atoms with van der Waals surface area (Å²) in [6.07, 6.45) is 10.6. The molecule has 7 rings (SSSR count). The van der Waals surface area contributed by atoms with Crippen LogP contribution in [0.3, 0.4) is 0 Å². The molecule has 4 aromatic rings. The zero-order valence-corrected chi connectivity index (χ0v) is 23.2. The molecule has 4 unspecified atom stereocenters. The van der Waals surface area contributed by atoms with Crippen LogP contribution in [0.5, 0.6) is 0 Å². The van der Waals surface area contributed by atoms with Crippen LogP contribution in [0.4, 0.5) is 0 Å². The molecule has 3 aliphatic carbocycles. The van der Waals surface area contributed by atoms with Crippen molar-refractivity contribution in [2.75, 3.05) is 0 Å². The molecule has 0 radical (unpaired) electrons. The zero-order valence-electron chi connectivity index (χ0n) is 23.2. The van der Waals surface area contributed by atoms with Crippen LogP contribution in [0.15, 0.2) is 121 Å². The van der Waals surface area contributed by atoms with Gasteiger partial charge in [0.1, 0.15) is 0 Å². The zero-order chi connectivity index (χ0) is 26.4. The highest BCUT2D eigenvalue weighted by Crippen LogP contribution is 2.64. The number of hydrogen-bond donors (Lipinski definition) is 0. The van der Waals surface area contributed by atoms with E-state index < -0.39 is 0 Å². The summed E-state index contributed by atoms with van der Waals surface area (Å²) in [5.41, 5.74) is 12.1. The summed E-state index contributed by atoms with van der Waals surface area (Å²) in [4.78, 5) is 0. The van der Waals surface area contributed by atoms with Gasteiger partial charge in [-0.25, -0.2) is 0 Å². The van der Waals surface area contributed by atoms with Crippen LogP contribution in [-0.2, 0) is 0 Å². The Kier molecular flexibility index (Phi) is 6.15. The Hall–Kier alpha value is -3.64. The van der Waals surface area contributed by atoms with Crippen LogP contribution >= 0.6 is 0 Å². The summed E-state index contributed by atoms with van der Waals surface area (Å²) in [6, 6.07) is 40.8. The molecule has 0 aromatic heterocycles. The summed E-state index contributed by atoms with van der Waals surface area (Å²) in [5.74, 6) is 1.66. The monoisotopic (exact) mass is 506 g/mol. The van der Waals surface area contributed by atoms with Gasteiger partial charge in [0.15, 0.2) is 0 Å². The van der Waals surface area contributed by atoms with E-state index in [1.165, 1.54) is 59.1 Å². The van der Waals surface area contributed by atoms with E-state index >= 15 is 0 Å². The van der Waals surface area contributed by atoms with E-state index in [-0.39, 0.29) is 5.41 Å². The lowest BCUT2D eigenvalue weighted by Crippen LogP contribution is -2.30. The molecule has 0 aliphatic heterocycles. The highest BCUT2D eigenvalue weighted by atomic mass is 14.5. The van der Waals surface area contributed by atoms with E-state index in [4.69, 9.17) is 0 Å². The minimum atomic E-state index is 0.211. The van der Waals surface area contributed by atoms with Crippen LogP contribution in [0.2, 0.25) is 0 Å². The lowest BCUT2D eigenvalue weighted by Gasteiger charge is -2.41. The molecule has 0 N–H and O–H groups in total. The Balaban J connectivity index is 1.36. The first-order valence-electron chi connectivity index (χ1n) is 14.9. The maximum atomic E-state index is 2.70. The van der Waals surface area contributed by atoms with Crippen LogP contribution < -0.4 is 0 Å². The Morgan fingerprint density at radius 1 is 0.513 bits per heavy atom. The largest absolute Gasteiger partial charge is 0.0720 e. The van der Waals surface area contributed by atoms with E-state index in [0.717, 1.165) is 0 Å². The van der Waals surface area contributed by atoms with Gasteiger partial charge < -0.3 is 0 Å². The highest BCUT2D eigenvalue weighted by molar-refractivity contribution is 5.82. The number of fused-ring (bicyclic) bond motifs is 2. The van der Waals surface area contributed by atoms with Crippen molar-refractivity contribution in [3.63, 3.8) is 0 Å². The molecule has 0 bridgehead atoms. The van der Waals surface area contributed by atoms with Crippen molar-refractivity contribution in [3.05, 3.63) is 155 Å². The highest BCUT2D eigenvalue weighted by Gasteiger charge is 2.51. The van der Waals surface area contributed by atoms with Crippen molar-refractivity contribution in [3.8, 4) is 0 Å². The van der Waals surface area contributed by atoms with Crippen LogP contribution in [0, 0.1) is 5.41 Å². The Morgan fingerprint density at radius 3 is 1.33 bits per heavy atom. The van der Waals surface area contributed by atoms with Gasteiger partial charge in [0, 0.05) is 23.7 Å². The van der Waals surface area contributed by atoms with Gasteiger partial charge in [-0.1, -0.05) is 148 Å². The van der Waals surface area contributed by atoms with Crippen LogP contribution in [-0.4, -0.2) is 0 Å². The second-order valence-electron chi connectivity index (χ2n) is 12.1. The molecule has 0 heterocycles. The molecule has 0 spiro atoms. The average molecular weight is 507 g/mol. The molecule has 0 nitrogen and oxygen atoms in total. The van der Waals surface area contributed by atoms with Gasteiger partial charge in [-0.15, -0.1) is 0 Å². The van der Waals surface area contributed by atoms with E-state index in [1.54, 1.807) is 11.1 Å². The van der Waals surface area contributed by atoms with E-state index in [2.05, 4.69) is 135 Å². The van der Waals surface area contributed by atoms with Crippen LogP contribution in [0.25, 0.3) is 11.1 Å². The van der Waals surface area contributed by atoms with Gasteiger partial charge >= 0.3 is 0 Å². The Morgan fingerprint density at radius 2 is 0.897 bits per heavy atom. The molecule has 4 aromatic carbocycles. The predicted molar refractivity (Wildman–Crippen MR) is 165 cm³/mol. The molecule has 4 atom stereocenters. The summed E-state index contributed by atoms with van der Waals surface area (Å²) in [7, 11) is 0. The van der Waals surface area contributed by atoms with Crippen LogP contribution in [0.1, 0.15) is 96.6 Å². The molecule has 0 saturated heterocycles.